The van der Waals surface area contributed by atoms with Gasteiger partial charge in [-0.2, -0.15) is 4.31 Å². The minimum atomic E-state index is -3.55. The second-order valence-corrected chi connectivity index (χ2v) is 9.93. The van der Waals surface area contributed by atoms with Gasteiger partial charge in [-0.3, -0.25) is 0 Å². The summed E-state index contributed by atoms with van der Waals surface area (Å²) in [5.74, 6) is 0.818. The smallest absolute Gasteiger partial charge is 0.243 e. The zero-order valence-corrected chi connectivity index (χ0v) is 19.4. The highest BCUT2D eigenvalue weighted by molar-refractivity contribution is 7.89. The standard InChI is InChI=1S/C23H32N2O3S/c1-15-14-24(12-13-25(15)21-8-10-22(28-7)11-9-21)29(26,27)23-19(5)17(3)16(2)18(4)20(23)6/h8-11,15H,12-14H2,1-7H3. The largest absolute Gasteiger partial charge is 0.497 e. The fraction of sp³-hybridized carbons (Fsp3) is 0.478. The zero-order chi connectivity index (χ0) is 21.5. The molecular formula is C23H32N2O3S. The predicted molar refractivity (Wildman–Crippen MR) is 119 cm³/mol. The SMILES string of the molecule is COc1ccc(N2CCN(S(=O)(=O)c3c(C)c(C)c(C)c(C)c3C)CC2C)cc1. The van der Waals surface area contributed by atoms with Gasteiger partial charge in [0.25, 0.3) is 0 Å². The van der Waals surface area contributed by atoms with E-state index in [2.05, 4.69) is 18.7 Å². The molecule has 2 aromatic carbocycles. The maximum Gasteiger partial charge on any atom is 0.243 e. The van der Waals surface area contributed by atoms with Crippen molar-refractivity contribution >= 4 is 15.7 Å². The first kappa shape index (κ1) is 21.7. The second kappa shape index (κ2) is 8.00. The molecule has 1 aliphatic heterocycles. The molecule has 5 nitrogen and oxygen atoms in total. The molecule has 29 heavy (non-hydrogen) atoms. The minimum absolute atomic E-state index is 0.0835. The van der Waals surface area contributed by atoms with Crippen molar-refractivity contribution in [2.75, 3.05) is 31.6 Å². The number of hydrogen-bond donors (Lipinski definition) is 0. The van der Waals surface area contributed by atoms with Gasteiger partial charge in [-0.1, -0.05) is 0 Å². The van der Waals surface area contributed by atoms with Crippen LogP contribution in [0.4, 0.5) is 5.69 Å². The second-order valence-electron chi connectivity index (χ2n) is 8.06. The fourth-order valence-corrected chi connectivity index (χ4v) is 6.35. The lowest BCUT2D eigenvalue weighted by atomic mass is 9.95. The molecule has 6 heteroatoms. The molecule has 2 aromatic rings. The van der Waals surface area contributed by atoms with Gasteiger partial charge in [0.05, 0.1) is 12.0 Å². The molecule has 0 aliphatic carbocycles. The highest BCUT2D eigenvalue weighted by atomic mass is 32.2. The number of rotatable bonds is 4. The van der Waals surface area contributed by atoms with Crippen molar-refractivity contribution in [3.8, 4) is 5.75 Å². The average molecular weight is 417 g/mol. The summed E-state index contributed by atoms with van der Waals surface area (Å²) in [7, 11) is -1.90. The van der Waals surface area contributed by atoms with E-state index in [1.165, 1.54) is 5.56 Å². The van der Waals surface area contributed by atoms with E-state index in [1.54, 1.807) is 11.4 Å². The van der Waals surface area contributed by atoms with Gasteiger partial charge in [0.1, 0.15) is 5.75 Å². The van der Waals surface area contributed by atoms with E-state index in [4.69, 9.17) is 4.74 Å². The molecule has 1 atom stereocenters. The number of benzene rings is 2. The molecule has 1 heterocycles. The number of nitrogens with zero attached hydrogens (tertiary/aromatic N) is 2. The summed E-state index contributed by atoms with van der Waals surface area (Å²) in [5.41, 5.74) is 6.14. The lowest BCUT2D eigenvalue weighted by Gasteiger charge is -2.41. The Hall–Kier alpha value is -2.05. The quantitative estimate of drug-likeness (QED) is 0.752. The van der Waals surface area contributed by atoms with Crippen LogP contribution in [0, 0.1) is 34.6 Å². The van der Waals surface area contributed by atoms with Crippen LogP contribution in [0.3, 0.4) is 0 Å². The van der Waals surface area contributed by atoms with Gasteiger partial charge in [-0.25, -0.2) is 8.42 Å². The van der Waals surface area contributed by atoms with Crippen LogP contribution in [0.5, 0.6) is 5.75 Å². The molecule has 1 saturated heterocycles. The fourth-order valence-electron chi connectivity index (χ4n) is 4.28. The van der Waals surface area contributed by atoms with Crippen molar-refractivity contribution in [3.63, 3.8) is 0 Å². The Kier molecular flexibility index (Phi) is 5.97. The van der Waals surface area contributed by atoms with Gasteiger partial charge >= 0.3 is 0 Å². The lowest BCUT2D eigenvalue weighted by molar-refractivity contribution is 0.342. The third-order valence-electron chi connectivity index (χ3n) is 6.52. The number of ether oxygens (including phenoxy) is 1. The molecule has 3 rings (SSSR count). The van der Waals surface area contributed by atoms with Crippen LogP contribution < -0.4 is 9.64 Å². The van der Waals surface area contributed by atoms with E-state index in [-0.39, 0.29) is 6.04 Å². The van der Waals surface area contributed by atoms with E-state index in [1.807, 2.05) is 52.0 Å². The number of anilines is 1. The molecule has 0 saturated carbocycles. The number of hydrogen-bond acceptors (Lipinski definition) is 4. The Morgan fingerprint density at radius 3 is 1.86 bits per heavy atom. The normalized spacial score (nSPS) is 18.2. The lowest BCUT2D eigenvalue weighted by Crippen LogP contribution is -2.53. The van der Waals surface area contributed by atoms with Crippen LogP contribution in [-0.4, -0.2) is 45.5 Å². The van der Waals surface area contributed by atoms with Crippen LogP contribution >= 0.6 is 0 Å². The van der Waals surface area contributed by atoms with Crippen molar-refractivity contribution in [1.29, 1.82) is 0 Å². The van der Waals surface area contributed by atoms with E-state index in [0.717, 1.165) is 33.7 Å². The van der Waals surface area contributed by atoms with Crippen molar-refractivity contribution in [2.24, 2.45) is 0 Å². The van der Waals surface area contributed by atoms with Gasteiger partial charge in [0.2, 0.25) is 10.0 Å². The van der Waals surface area contributed by atoms with Crippen LogP contribution in [-0.2, 0) is 10.0 Å². The molecule has 1 unspecified atom stereocenters. The van der Waals surface area contributed by atoms with E-state index < -0.39 is 10.0 Å². The topological polar surface area (TPSA) is 49.9 Å². The number of piperazine rings is 1. The highest BCUT2D eigenvalue weighted by Crippen LogP contribution is 2.33. The molecule has 0 aromatic heterocycles. The van der Waals surface area contributed by atoms with E-state index in [0.29, 0.717) is 24.5 Å². The molecule has 0 spiro atoms. The minimum Gasteiger partial charge on any atom is -0.497 e. The Balaban J connectivity index is 1.90. The Bertz CT molecular complexity index is 984. The van der Waals surface area contributed by atoms with Crippen molar-refractivity contribution in [3.05, 3.63) is 52.1 Å². The van der Waals surface area contributed by atoms with Gasteiger partial charge in [-0.05, 0) is 93.6 Å². The third kappa shape index (κ3) is 3.76. The summed E-state index contributed by atoms with van der Waals surface area (Å²) in [6, 6.07) is 8.02. The Morgan fingerprint density at radius 2 is 1.38 bits per heavy atom. The first-order valence-electron chi connectivity index (χ1n) is 10.1. The summed E-state index contributed by atoms with van der Waals surface area (Å²) in [5, 5.41) is 0. The van der Waals surface area contributed by atoms with E-state index in [9.17, 15) is 8.42 Å². The molecule has 0 amide bonds. The maximum atomic E-state index is 13.6. The van der Waals surface area contributed by atoms with Crippen molar-refractivity contribution in [1.82, 2.24) is 4.31 Å². The van der Waals surface area contributed by atoms with Crippen LogP contribution in [0.15, 0.2) is 29.2 Å². The summed E-state index contributed by atoms with van der Waals surface area (Å²) >= 11 is 0. The average Bonchev–Trinajstić information content (AvgIpc) is 2.70. The summed E-state index contributed by atoms with van der Waals surface area (Å²) in [4.78, 5) is 2.75. The molecule has 1 aliphatic rings. The summed E-state index contributed by atoms with van der Waals surface area (Å²) in [6.45, 7) is 13.6. The molecule has 1 fully saturated rings. The van der Waals surface area contributed by atoms with Crippen LogP contribution in [0.2, 0.25) is 0 Å². The number of sulfonamides is 1. The monoisotopic (exact) mass is 416 g/mol. The summed E-state index contributed by atoms with van der Waals surface area (Å²) in [6.07, 6.45) is 0. The van der Waals surface area contributed by atoms with Crippen LogP contribution in [0.1, 0.15) is 34.7 Å². The molecular weight excluding hydrogens is 384 g/mol. The maximum absolute atomic E-state index is 13.6. The van der Waals surface area contributed by atoms with Crippen molar-refractivity contribution in [2.45, 2.75) is 52.5 Å². The first-order valence-corrected chi connectivity index (χ1v) is 11.5. The van der Waals surface area contributed by atoms with Gasteiger partial charge in [-0.15, -0.1) is 0 Å². The van der Waals surface area contributed by atoms with E-state index >= 15 is 0 Å². The summed E-state index contributed by atoms with van der Waals surface area (Å²) < 4.78 is 34.1. The highest BCUT2D eigenvalue weighted by Gasteiger charge is 2.35. The predicted octanol–water partition coefficient (Wildman–Crippen LogP) is 4.14. The van der Waals surface area contributed by atoms with Gasteiger partial charge in [0.15, 0.2) is 0 Å². The zero-order valence-electron chi connectivity index (χ0n) is 18.5. The van der Waals surface area contributed by atoms with Gasteiger partial charge < -0.3 is 9.64 Å². The molecule has 0 radical (unpaired) electrons. The molecule has 0 N–H and O–H groups in total. The van der Waals surface area contributed by atoms with Crippen LogP contribution in [0.25, 0.3) is 0 Å². The molecule has 0 bridgehead atoms. The van der Waals surface area contributed by atoms with Crippen molar-refractivity contribution < 1.29 is 13.2 Å². The Labute approximate surface area is 175 Å². The third-order valence-corrected chi connectivity index (χ3v) is 8.66. The number of methoxy groups -OCH3 is 1. The Morgan fingerprint density at radius 1 is 0.862 bits per heavy atom. The molecule has 158 valence electrons. The first-order chi connectivity index (χ1) is 13.6. The van der Waals surface area contributed by atoms with Gasteiger partial charge in [0, 0.05) is 31.4 Å².